The van der Waals surface area contributed by atoms with Crippen LogP contribution in [0.4, 0.5) is 4.39 Å². The van der Waals surface area contributed by atoms with Crippen LogP contribution in [0.2, 0.25) is 5.02 Å². The molecule has 0 aliphatic rings. The predicted octanol–water partition coefficient (Wildman–Crippen LogP) is 6.04. The monoisotopic (exact) mass is 485 g/mol. The van der Waals surface area contributed by atoms with E-state index in [4.69, 9.17) is 25.8 Å². The molecule has 170 valence electrons. The second-order valence-electron chi connectivity index (χ2n) is 6.90. The number of rotatable bonds is 8. The normalized spacial score (nSPS) is 10.8. The molecule has 9 heteroatoms. The van der Waals surface area contributed by atoms with E-state index < -0.39 is 0 Å². The van der Waals surface area contributed by atoms with Gasteiger partial charge in [0.25, 0.3) is 0 Å². The SMILES string of the molecule is COc1ccc(-n2c(SCc3c(F)cccc3Cl)nnc2-c2ccc(OC)c(OC)c2)cc1. The summed E-state index contributed by atoms with van der Waals surface area (Å²) in [5.74, 6) is 2.46. The van der Waals surface area contributed by atoms with E-state index in [1.54, 1.807) is 33.5 Å². The third-order valence-electron chi connectivity index (χ3n) is 5.01. The Hall–Kier alpha value is -3.23. The number of hydrogen-bond donors (Lipinski definition) is 0. The maximum atomic E-state index is 14.3. The fourth-order valence-electron chi connectivity index (χ4n) is 3.30. The van der Waals surface area contributed by atoms with Gasteiger partial charge in [-0.05, 0) is 54.6 Å². The largest absolute Gasteiger partial charge is 0.497 e. The Labute approximate surface area is 200 Å². The van der Waals surface area contributed by atoms with Crippen molar-refractivity contribution in [2.75, 3.05) is 21.3 Å². The molecule has 0 bridgehead atoms. The van der Waals surface area contributed by atoms with Gasteiger partial charge in [0.2, 0.25) is 0 Å². The summed E-state index contributed by atoms with van der Waals surface area (Å²) < 4.78 is 32.3. The van der Waals surface area contributed by atoms with Crippen molar-refractivity contribution in [3.8, 4) is 34.3 Å². The van der Waals surface area contributed by atoms with Gasteiger partial charge in [-0.3, -0.25) is 4.57 Å². The lowest BCUT2D eigenvalue weighted by Gasteiger charge is -2.13. The molecule has 1 aromatic heterocycles. The lowest BCUT2D eigenvalue weighted by molar-refractivity contribution is 0.355. The van der Waals surface area contributed by atoms with E-state index in [-0.39, 0.29) is 5.82 Å². The fraction of sp³-hybridized carbons (Fsp3) is 0.167. The molecule has 4 rings (SSSR count). The highest BCUT2D eigenvalue weighted by Gasteiger charge is 2.19. The standard InChI is InChI=1S/C24H21ClFN3O3S/c1-30-17-10-8-16(9-11-17)29-23(15-7-12-21(31-2)22(13-15)32-3)27-28-24(29)33-14-18-19(25)5-4-6-20(18)26/h4-13H,14H2,1-3H3. The Morgan fingerprint density at radius 3 is 2.33 bits per heavy atom. The van der Waals surface area contributed by atoms with E-state index >= 15 is 0 Å². The van der Waals surface area contributed by atoms with Crippen molar-refractivity contribution in [1.29, 1.82) is 0 Å². The van der Waals surface area contributed by atoms with Gasteiger partial charge in [0.05, 0.1) is 21.3 Å². The molecule has 0 saturated heterocycles. The molecule has 0 radical (unpaired) electrons. The van der Waals surface area contributed by atoms with E-state index in [2.05, 4.69) is 10.2 Å². The Morgan fingerprint density at radius 1 is 0.909 bits per heavy atom. The maximum absolute atomic E-state index is 14.3. The van der Waals surface area contributed by atoms with Gasteiger partial charge in [-0.15, -0.1) is 10.2 Å². The molecule has 1 heterocycles. The molecule has 33 heavy (non-hydrogen) atoms. The highest BCUT2D eigenvalue weighted by Crippen LogP contribution is 2.36. The van der Waals surface area contributed by atoms with E-state index in [0.29, 0.717) is 38.8 Å². The highest BCUT2D eigenvalue weighted by molar-refractivity contribution is 7.98. The molecule has 4 aromatic rings. The van der Waals surface area contributed by atoms with Gasteiger partial charge in [-0.1, -0.05) is 29.4 Å². The van der Waals surface area contributed by atoms with Crippen LogP contribution in [0, 0.1) is 5.82 Å². The Morgan fingerprint density at radius 2 is 1.67 bits per heavy atom. The van der Waals surface area contributed by atoms with E-state index in [1.165, 1.54) is 17.8 Å². The lowest BCUT2D eigenvalue weighted by Crippen LogP contribution is -2.01. The van der Waals surface area contributed by atoms with Crippen LogP contribution in [0.1, 0.15) is 5.56 Å². The summed E-state index contributed by atoms with van der Waals surface area (Å²) in [6.45, 7) is 0. The first-order chi connectivity index (χ1) is 16.0. The second kappa shape index (κ2) is 10.1. The number of benzene rings is 3. The van der Waals surface area contributed by atoms with Crippen LogP contribution < -0.4 is 14.2 Å². The summed E-state index contributed by atoms with van der Waals surface area (Å²) in [6, 6.07) is 17.7. The number of halogens is 2. The number of thioether (sulfide) groups is 1. The van der Waals surface area contributed by atoms with E-state index in [0.717, 1.165) is 17.0 Å². The van der Waals surface area contributed by atoms with E-state index in [9.17, 15) is 4.39 Å². The van der Waals surface area contributed by atoms with Gasteiger partial charge in [-0.2, -0.15) is 0 Å². The minimum Gasteiger partial charge on any atom is -0.497 e. The molecule has 0 saturated carbocycles. The van der Waals surface area contributed by atoms with Crippen LogP contribution in [-0.4, -0.2) is 36.1 Å². The second-order valence-corrected chi connectivity index (χ2v) is 8.25. The zero-order valence-electron chi connectivity index (χ0n) is 18.2. The lowest BCUT2D eigenvalue weighted by atomic mass is 10.2. The summed E-state index contributed by atoms with van der Waals surface area (Å²) in [6.07, 6.45) is 0. The van der Waals surface area contributed by atoms with Crippen molar-refractivity contribution in [1.82, 2.24) is 14.8 Å². The zero-order chi connectivity index (χ0) is 23.4. The topological polar surface area (TPSA) is 58.4 Å². The summed E-state index contributed by atoms with van der Waals surface area (Å²) in [4.78, 5) is 0. The zero-order valence-corrected chi connectivity index (χ0v) is 19.8. The van der Waals surface area contributed by atoms with E-state index in [1.807, 2.05) is 47.0 Å². The van der Waals surface area contributed by atoms with Crippen LogP contribution in [-0.2, 0) is 5.75 Å². The minimum atomic E-state index is -0.356. The van der Waals surface area contributed by atoms with Crippen LogP contribution in [0.25, 0.3) is 17.1 Å². The molecule has 0 atom stereocenters. The molecule has 0 spiro atoms. The first kappa shape index (κ1) is 22.9. The van der Waals surface area contributed by atoms with Crippen LogP contribution >= 0.6 is 23.4 Å². The fourth-order valence-corrected chi connectivity index (χ4v) is 4.59. The number of methoxy groups -OCH3 is 3. The van der Waals surface area contributed by atoms with Gasteiger partial charge in [0.1, 0.15) is 11.6 Å². The van der Waals surface area contributed by atoms with Gasteiger partial charge >= 0.3 is 0 Å². The average molecular weight is 486 g/mol. The molecule has 3 aromatic carbocycles. The first-order valence-corrected chi connectivity index (χ1v) is 11.3. The van der Waals surface area contributed by atoms with Crippen LogP contribution in [0.15, 0.2) is 65.8 Å². The third kappa shape index (κ3) is 4.77. The van der Waals surface area contributed by atoms with Gasteiger partial charge in [0, 0.05) is 27.6 Å². The molecule has 0 N–H and O–H groups in total. The molecule has 0 aliphatic heterocycles. The third-order valence-corrected chi connectivity index (χ3v) is 6.32. The smallest absolute Gasteiger partial charge is 0.196 e. The Kier molecular flexibility index (Phi) is 7.05. The van der Waals surface area contributed by atoms with Gasteiger partial charge < -0.3 is 14.2 Å². The Balaban J connectivity index is 1.78. The van der Waals surface area contributed by atoms with Crippen molar-refractivity contribution in [3.05, 3.63) is 77.1 Å². The molecular formula is C24H21ClFN3O3S. The quantitative estimate of drug-likeness (QED) is 0.283. The summed E-state index contributed by atoms with van der Waals surface area (Å²) >= 11 is 7.56. The van der Waals surface area contributed by atoms with Crippen molar-refractivity contribution in [2.24, 2.45) is 0 Å². The highest BCUT2D eigenvalue weighted by atomic mass is 35.5. The van der Waals surface area contributed by atoms with Crippen LogP contribution in [0.3, 0.4) is 0 Å². The summed E-state index contributed by atoms with van der Waals surface area (Å²) in [5, 5.41) is 9.78. The number of aromatic nitrogens is 3. The average Bonchev–Trinajstić information content (AvgIpc) is 3.27. The van der Waals surface area contributed by atoms with Crippen molar-refractivity contribution in [2.45, 2.75) is 10.9 Å². The van der Waals surface area contributed by atoms with Crippen molar-refractivity contribution in [3.63, 3.8) is 0 Å². The van der Waals surface area contributed by atoms with Crippen molar-refractivity contribution >= 4 is 23.4 Å². The summed E-state index contributed by atoms with van der Waals surface area (Å²) in [7, 11) is 4.78. The molecule has 0 aliphatic carbocycles. The Bertz CT molecular complexity index is 1240. The molecule has 0 unspecified atom stereocenters. The number of ether oxygens (including phenoxy) is 3. The van der Waals surface area contributed by atoms with Crippen molar-refractivity contribution < 1.29 is 18.6 Å². The number of hydrogen-bond acceptors (Lipinski definition) is 6. The predicted molar refractivity (Wildman–Crippen MR) is 127 cm³/mol. The molecular weight excluding hydrogens is 465 g/mol. The summed E-state index contributed by atoms with van der Waals surface area (Å²) in [5.41, 5.74) is 2.03. The number of nitrogens with zero attached hydrogens (tertiary/aromatic N) is 3. The van der Waals surface area contributed by atoms with Crippen LogP contribution in [0.5, 0.6) is 17.2 Å². The maximum Gasteiger partial charge on any atom is 0.196 e. The molecule has 0 amide bonds. The van der Waals surface area contributed by atoms with Gasteiger partial charge in [0.15, 0.2) is 22.5 Å². The van der Waals surface area contributed by atoms with Gasteiger partial charge in [-0.25, -0.2) is 4.39 Å². The molecule has 0 fully saturated rings. The first-order valence-electron chi connectivity index (χ1n) is 9.93. The molecule has 6 nitrogen and oxygen atoms in total. The minimum absolute atomic E-state index is 0.297.